The summed E-state index contributed by atoms with van der Waals surface area (Å²) >= 11 is 0.618. The van der Waals surface area contributed by atoms with E-state index in [1.54, 1.807) is 42.5 Å². The van der Waals surface area contributed by atoms with E-state index in [1.807, 2.05) is 6.92 Å². The molecule has 5 nitrogen and oxygen atoms in total. The molecule has 168 valence electrons. The van der Waals surface area contributed by atoms with E-state index in [0.717, 1.165) is 5.56 Å². The molecule has 0 spiro atoms. The summed E-state index contributed by atoms with van der Waals surface area (Å²) in [6.07, 6.45) is -3.62. The second-order valence-electron chi connectivity index (χ2n) is 7.38. The molecule has 0 atom stereocenters. The molecule has 0 aliphatic carbocycles. The first kappa shape index (κ1) is 23.6. The first-order valence-corrected chi connectivity index (χ1v) is 12.1. The Morgan fingerprint density at radius 2 is 1.71 bits per heavy atom. The minimum atomic E-state index is -4.31. The molecule has 3 rings (SSSR count). The van der Waals surface area contributed by atoms with Gasteiger partial charge in [0.25, 0.3) is 0 Å². The summed E-state index contributed by atoms with van der Waals surface area (Å²) in [7, 11) is -3.62. The van der Waals surface area contributed by atoms with E-state index in [-0.39, 0.29) is 23.9 Å². The SMILES string of the molecule is Cc1ccc(S(=O)(=O)N2CCC(C(=O)Nc3ccccc3SCC(F)(F)F)CC2)cc1. The van der Waals surface area contributed by atoms with Crippen LogP contribution in [0.5, 0.6) is 0 Å². The van der Waals surface area contributed by atoms with Crippen LogP contribution in [-0.2, 0) is 14.8 Å². The molecule has 1 saturated heterocycles. The molecular weight excluding hydrogens is 449 g/mol. The molecule has 0 aromatic heterocycles. The van der Waals surface area contributed by atoms with Gasteiger partial charge in [0.15, 0.2) is 0 Å². The van der Waals surface area contributed by atoms with Crippen molar-refractivity contribution >= 4 is 33.4 Å². The Morgan fingerprint density at radius 3 is 2.32 bits per heavy atom. The number of nitrogens with one attached hydrogen (secondary N) is 1. The minimum Gasteiger partial charge on any atom is -0.325 e. The number of amides is 1. The highest BCUT2D eigenvalue weighted by atomic mass is 32.2. The van der Waals surface area contributed by atoms with Gasteiger partial charge >= 0.3 is 6.18 Å². The van der Waals surface area contributed by atoms with Crippen LogP contribution in [0.3, 0.4) is 0 Å². The number of hydrogen-bond donors (Lipinski definition) is 1. The highest BCUT2D eigenvalue weighted by Gasteiger charge is 2.32. The number of carbonyl (C=O) groups is 1. The van der Waals surface area contributed by atoms with Gasteiger partial charge in [-0.05, 0) is 44.0 Å². The third-order valence-electron chi connectivity index (χ3n) is 5.02. The van der Waals surface area contributed by atoms with Crippen LogP contribution in [0.2, 0.25) is 0 Å². The Morgan fingerprint density at radius 1 is 1.10 bits per heavy atom. The molecule has 0 radical (unpaired) electrons. The Kier molecular flexibility index (Phi) is 7.33. The van der Waals surface area contributed by atoms with Crippen molar-refractivity contribution < 1.29 is 26.4 Å². The number of sulfonamides is 1. The monoisotopic (exact) mass is 472 g/mol. The molecule has 1 fully saturated rings. The zero-order valence-electron chi connectivity index (χ0n) is 16.9. The van der Waals surface area contributed by atoms with Crippen LogP contribution >= 0.6 is 11.8 Å². The van der Waals surface area contributed by atoms with Crippen molar-refractivity contribution in [3.63, 3.8) is 0 Å². The standard InChI is InChI=1S/C21H23F3N2O3S2/c1-15-6-8-17(9-7-15)31(28,29)26-12-10-16(11-13-26)20(27)25-18-4-2-3-5-19(18)30-14-21(22,23)24/h2-9,16H,10-14H2,1H3,(H,25,27). The third kappa shape index (κ3) is 6.24. The Labute approximate surface area is 184 Å². The van der Waals surface area contributed by atoms with Crippen LogP contribution in [0.4, 0.5) is 18.9 Å². The van der Waals surface area contributed by atoms with E-state index in [9.17, 15) is 26.4 Å². The lowest BCUT2D eigenvalue weighted by atomic mass is 9.97. The molecule has 1 aliphatic rings. The van der Waals surface area contributed by atoms with Crippen LogP contribution in [0.1, 0.15) is 18.4 Å². The Balaban J connectivity index is 1.60. The van der Waals surface area contributed by atoms with Crippen molar-refractivity contribution in [3.8, 4) is 0 Å². The lowest BCUT2D eigenvalue weighted by molar-refractivity contribution is -0.121. The number of para-hydroxylation sites is 1. The van der Waals surface area contributed by atoms with Gasteiger partial charge in [-0.2, -0.15) is 17.5 Å². The summed E-state index contributed by atoms with van der Waals surface area (Å²) < 4.78 is 64.6. The maximum absolute atomic E-state index is 12.8. The number of aryl methyl sites for hydroxylation is 1. The summed E-state index contributed by atoms with van der Waals surface area (Å²) in [6.45, 7) is 2.29. The van der Waals surface area contributed by atoms with Gasteiger partial charge in [0.2, 0.25) is 15.9 Å². The predicted octanol–water partition coefficient (Wildman–Crippen LogP) is 4.69. The maximum Gasteiger partial charge on any atom is 0.398 e. The summed E-state index contributed by atoms with van der Waals surface area (Å²) in [5, 5.41) is 2.71. The van der Waals surface area contributed by atoms with Crippen LogP contribution in [0, 0.1) is 12.8 Å². The smallest absolute Gasteiger partial charge is 0.325 e. The van der Waals surface area contributed by atoms with E-state index in [0.29, 0.717) is 35.2 Å². The molecule has 1 heterocycles. The highest BCUT2D eigenvalue weighted by molar-refractivity contribution is 7.99. The quantitative estimate of drug-likeness (QED) is 0.620. The van der Waals surface area contributed by atoms with Crippen LogP contribution in [0.25, 0.3) is 0 Å². The second kappa shape index (κ2) is 9.62. The van der Waals surface area contributed by atoms with Gasteiger partial charge in [0.05, 0.1) is 16.3 Å². The fourth-order valence-corrected chi connectivity index (χ4v) is 5.55. The molecule has 31 heavy (non-hydrogen) atoms. The van der Waals surface area contributed by atoms with Crippen molar-refractivity contribution in [2.24, 2.45) is 5.92 Å². The molecule has 0 bridgehead atoms. The normalized spacial score (nSPS) is 16.3. The molecule has 2 aromatic carbocycles. The first-order valence-electron chi connectivity index (χ1n) is 9.72. The summed E-state index contributed by atoms with van der Waals surface area (Å²) in [5.74, 6) is -1.77. The number of anilines is 1. The Hall–Kier alpha value is -2.04. The highest BCUT2D eigenvalue weighted by Crippen LogP contribution is 2.33. The van der Waals surface area contributed by atoms with E-state index in [4.69, 9.17) is 0 Å². The molecule has 1 N–H and O–H groups in total. The van der Waals surface area contributed by atoms with E-state index in [1.165, 1.54) is 10.4 Å². The number of halogens is 3. The molecule has 2 aromatic rings. The van der Waals surface area contributed by atoms with Gasteiger partial charge < -0.3 is 5.32 Å². The van der Waals surface area contributed by atoms with Crippen molar-refractivity contribution in [3.05, 3.63) is 54.1 Å². The van der Waals surface area contributed by atoms with Gasteiger partial charge in [-0.15, -0.1) is 11.8 Å². The second-order valence-corrected chi connectivity index (χ2v) is 10.3. The molecule has 1 aliphatic heterocycles. The number of alkyl halides is 3. The molecular formula is C21H23F3N2O3S2. The average Bonchev–Trinajstić information content (AvgIpc) is 2.73. The molecule has 10 heteroatoms. The molecule has 0 unspecified atom stereocenters. The van der Waals surface area contributed by atoms with E-state index in [2.05, 4.69) is 5.32 Å². The topological polar surface area (TPSA) is 66.5 Å². The van der Waals surface area contributed by atoms with Gasteiger partial charge in [0.1, 0.15) is 0 Å². The average molecular weight is 473 g/mol. The fourth-order valence-electron chi connectivity index (χ4n) is 3.31. The van der Waals surface area contributed by atoms with Crippen LogP contribution in [0.15, 0.2) is 58.3 Å². The van der Waals surface area contributed by atoms with Gasteiger partial charge in [0, 0.05) is 23.9 Å². The zero-order valence-corrected chi connectivity index (χ0v) is 18.5. The van der Waals surface area contributed by atoms with Gasteiger partial charge in [-0.1, -0.05) is 29.8 Å². The summed E-state index contributed by atoms with van der Waals surface area (Å²) in [4.78, 5) is 13.2. The predicted molar refractivity (Wildman–Crippen MR) is 115 cm³/mol. The number of piperidine rings is 1. The number of rotatable bonds is 6. The number of nitrogens with zero attached hydrogens (tertiary/aromatic N) is 1. The van der Waals surface area contributed by atoms with Crippen LogP contribution < -0.4 is 5.32 Å². The fraction of sp³-hybridized carbons (Fsp3) is 0.381. The number of thioether (sulfide) groups is 1. The van der Waals surface area contributed by atoms with Crippen molar-refractivity contribution in [2.45, 2.75) is 35.7 Å². The summed E-state index contributed by atoms with van der Waals surface area (Å²) in [5.41, 5.74) is 1.29. The van der Waals surface area contributed by atoms with Crippen molar-refractivity contribution in [2.75, 3.05) is 24.2 Å². The van der Waals surface area contributed by atoms with E-state index >= 15 is 0 Å². The van der Waals surface area contributed by atoms with Gasteiger partial charge in [-0.3, -0.25) is 4.79 Å². The lowest BCUT2D eigenvalue weighted by Gasteiger charge is -2.30. The number of benzene rings is 2. The summed E-state index contributed by atoms with van der Waals surface area (Å²) in [6, 6.07) is 13.0. The molecule has 0 saturated carbocycles. The zero-order chi connectivity index (χ0) is 22.6. The molecule has 1 amide bonds. The van der Waals surface area contributed by atoms with Crippen LogP contribution in [-0.4, -0.2) is 43.6 Å². The largest absolute Gasteiger partial charge is 0.398 e. The maximum atomic E-state index is 12.8. The number of hydrogen-bond acceptors (Lipinski definition) is 4. The van der Waals surface area contributed by atoms with Gasteiger partial charge in [-0.25, -0.2) is 8.42 Å². The number of carbonyl (C=O) groups excluding carboxylic acids is 1. The van der Waals surface area contributed by atoms with Crippen molar-refractivity contribution in [1.29, 1.82) is 0 Å². The third-order valence-corrected chi connectivity index (χ3v) is 8.07. The van der Waals surface area contributed by atoms with E-state index < -0.39 is 27.9 Å². The first-order chi connectivity index (χ1) is 14.6. The minimum absolute atomic E-state index is 0.207. The lowest BCUT2D eigenvalue weighted by Crippen LogP contribution is -2.41. The van der Waals surface area contributed by atoms with Crippen molar-refractivity contribution in [1.82, 2.24) is 4.31 Å². The Bertz CT molecular complexity index is 1020.